The van der Waals surface area contributed by atoms with Crippen molar-refractivity contribution in [1.82, 2.24) is 0 Å². The van der Waals surface area contributed by atoms with Crippen LogP contribution in [-0.2, 0) is 14.3 Å². The highest BCUT2D eigenvalue weighted by Crippen LogP contribution is 1.98. The normalized spacial score (nSPS) is 10.7. The third-order valence-corrected chi connectivity index (χ3v) is 1.44. The number of ether oxygens (including phenoxy) is 2. The predicted octanol–water partition coefficient (Wildman–Crippen LogP) is 1.15. The minimum atomic E-state index is -0.942. The zero-order chi connectivity index (χ0) is 10.1. The molecule has 4 heteroatoms. The molecule has 0 spiro atoms. The standard InChI is InChI=1S/C9H18O4/c1-8(2)3-4-12-5-6-13-7-9(10)11/h8H,3-7H2,1-2H3,(H,10,11). The van der Waals surface area contributed by atoms with Crippen LogP contribution in [-0.4, -0.2) is 37.5 Å². The molecule has 0 heterocycles. The first kappa shape index (κ1) is 12.4. The van der Waals surface area contributed by atoms with E-state index in [1.54, 1.807) is 0 Å². The molecule has 0 aromatic carbocycles. The van der Waals surface area contributed by atoms with Crippen LogP contribution in [0.1, 0.15) is 20.3 Å². The maximum atomic E-state index is 10.0. The van der Waals surface area contributed by atoms with Crippen molar-refractivity contribution in [3.05, 3.63) is 0 Å². The number of hydrogen-bond acceptors (Lipinski definition) is 3. The van der Waals surface area contributed by atoms with Gasteiger partial charge in [-0.05, 0) is 12.3 Å². The molecule has 0 fully saturated rings. The molecule has 0 radical (unpaired) electrons. The molecule has 0 amide bonds. The summed E-state index contributed by atoms with van der Waals surface area (Å²) in [5, 5.41) is 8.22. The lowest BCUT2D eigenvalue weighted by molar-refractivity contribution is -0.142. The molecule has 0 aliphatic rings. The molecule has 13 heavy (non-hydrogen) atoms. The largest absolute Gasteiger partial charge is 0.480 e. The summed E-state index contributed by atoms with van der Waals surface area (Å²) < 4.78 is 9.99. The highest BCUT2D eigenvalue weighted by Gasteiger charge is 1.96. The summed E-state index contributed by atoms with van der Waals surface area (Å²) in [5.41, 5.74) is 0. The molecule has 0 atom stereocenters. The zero-order valence-electron chi connectivity index (χ0n) is 8.28. The summed E-state index contributed by atoms with van der Waals surface area (Å²) in [6.07, 6.45) is 1.03. The van der Waals surface area contributed by atoms with E-state index in [2.05, 4.69) is 13.8 Å². The van der Waals surface area contributed by atoms with Gasteiger partial charge in [-0.1, -0.05) is 13.8 Å². The first-order valence-electron chi connectivity index (χ1n) is 4.50. The lowest BCUT2D eigenvalue weighted by Gasteiger charge is -2.05. The van der Waals surface area contributed by atoms with E-state index < -0.39 is 5.97 Å². The van der Waals surface area contributed by atoms with Crippen LogP contribution in [0.25, 0.3) is 0 Å². The van der Waals surface area contributed by atoms with Gasteiger partial charge >= 0.3 is 5.97 Å². The van der Waals surface area contributed by atoms with Gasteiger partial charge in [-0.2, -0.15) is 0 Å². The van der Waals surface area contributed by atoms with Crippen LogP contribution < -0.4 is 0 Å². The first-order valence-corrected chi connectivity index (χ1v) is 4.50. The van der Waals surface area contributed by atoms with Crippen molar-refractivity contribution in [1.29, 1.82) is 0 Å². The number of carboxylic acid groups (broad SMARTS) is 1. The number of hydrogen-bond donors (Lipinski definition) is 1. The van der Waals surface area contributed by atoms with E-state index in [1.807, 2.05) is 0 Å². The fourth-order valence-electron chi connectivity index (χ4n) is 0.698. The topological polar surface area (TPSA) is 55.8 Å². The molecule has 0 rings (SSSR count). The predicted molar refractivity (Wildman–Crippen MR) is 48.7 cm³/mol. The smallest absolute Gasteiger partial charge is 0.329 e. The van der Waals surface area contributed by atoms with Crippen LogP contribution in [0, 0.1) is 5.92 Å². The Morgan fingerprint density at radius 3 is 2.38 bits per heavy atom. The van der Waals surface area contributed by atoms with Gasteiger partial charge in [-0.25, -0.2) is 4.79 Å². The van der Waals surface area contributed by atoms with E-state index >= 15 is 0 Å². The van der Waals surface area contributed by atoms with Gasteiger partial charge in [-0.15, -0.1) is 0 Å². The van der Waals surface area contributed by atoms with Crippen molar-refractivity contribution in [2.24, 2.45) is 5.92 Å². The van der Waals surface area contributed by atoms with Crippen molar-refractivity contribution in [3.63, 3.8) is 0 Å². The molecular weight excluding hydrogens is 172 g/mol. The fourth-order valence-corrected chi connectivity index (χ4v) is 0.698. The van der Waals surface area contributed by atoms with Gasteiger partial charge in [0.25, 0.3) is 0 Å². The molecule has 1 N–H and O–H groups in total. The van der Waals surface area contributed by atoms with Gasteiger partial charge in [-0.3, -0.25) is 0 Å². The average Bonchev–Trinajstić information content (AvgIpc) is 2.01. The first-order chi connectivity index (χ1) is 6.13. The molecule has 0 saturated carbocycles. The van der Waals surface area contributed by atoms with Crippen LogP contribution in [0.5, 0.6) is 0 Å². The van der Waals surface area contributed by atoms with Crippen LogP contribution in [0.2, 0.25) is 0 Å². The van der Waals surface area contributed by atoms with Gasteiger partial charge in [0.2, 0.25) is 0 Å². The number of rotatable bonds is 8. The van der Waals surface area contributed by atoms with Crippen molar-refractivity contribution in [2.75, 3.05) is 26.4 Å². The highest BCUT2D eigenvalue weighted by molar-refractivity contribution is 5.67. The molecular formula is C9H18O4. The summed E-state index contributed by atoms with van der Waals surface area (Å²) in [4.78, 5) is 10.0. The number of aliphatic carboxylic acids is 1. The summed E-state index contributed by atoms with van der Waals surface area (Å²) in [6, 6.07) is 0. The van der Waals surface area contributed by atoms with Crippen LogP contribution in [0.4, 0.5) is 0 Å². The summed E-state index contributed by atoms with van der Waals surface area (Å²) in [7, 11) is 0. The Morgan fingerprint density at radius 2 is 1.85 bits per heavy atom. The van der Waals surface area contributed by atoms with Gasteiger partial charge in [0.05, 0.1) is 13.2 Å². The van der Waals surface area contributed by atoms with E-state index in [-0.39, 0.29) is 6.61 Å². The van der Waals surface area contributed by atoms with Crippen molar-refractivity contribution in [3.8, 4) is 0 Å². The van der Waals surface area contributed by atoms with Gasteiger partial charge < -0.3 is 14.6 Å². The Hall–Kier alpha value is -0.610. The van der Waals surface area contributed by atoms with E-state index in [4.69, 9.17) is 14.6 Å². The maximum Gasteiger partial charge on any atom is 0.329 e. The van der Waals surface area contributed by atoms with Crippen LogP contribution in [0.3, 0.4) is 0 Å². The van der Waals surface area contributed by atoms with Gasteiger partial charge in [0.1, 0.15) is 6.61 Å². The van der Waals surface area contributed by atoms with Crippen LogP contribution >= 0.6 is 0 Å². The number of carbonyl (C=O) groups is 1. The molecule has 4 nitrogen and oxygen atoms in total. The van der Waals surface area contributed by atoms with E-state index in [0.29, 0.717) is 25.7 Å². The Labute approximate surface area is 78.8 Å². The maximum absolute atomic E-state index is 10.0. The summed E-state index contributed by atoms with van der Waals surface area (Å²) in [6.45, 7) is 5.56. The second-order valence-electron chi connectivity index (χ2n) is 3.24. The molecule has 78 valence electrons. The molecule has 0 aromatic rings. The minimum Gasteiger partial charge on any atom is -0.480 e. The van der Waals surface area contributed by atoms with E-state index in [0.717, 1.165) is 6.42 Å². The summed E-state index contributed by atoms with van der Waals surface area (Å²) >= 11 is 0. The second kappa shape index (κ2) is 8.01. The zero-order valence-corrected chi connectivity index (χ0v) is 8.28. The Balaban J connectivity index is 2.96. The third kappa shape index (κ3) is 11.4. The Kier molecular flexibility index (Phi) is 7.63. The average molecular weight is 190 g/mol. The van der Waals surface area contributed by atoms with E-state index in [9.17, 15) is 4.79 Å². The molecule has 0 unspecified atom stereocenters. The van der Waals surface area contributed by atoms with Gasteiger partial charge in [0.15, 0.2) is 0 Å². The highest BCUT2D eigenvalue weighted by atomic mass is 16.5. The molecule has 0 bridgehead atoms. The molecule has 0 saturated heterocycles. The lowest BCUT2D eigenvalue weighted by atomic mass is 10.1. The molecule has 0 aliphatic carbocycles. The fraction of sp³-hybridized carbons (Fsp3) is 0.889. The SMILES string of the molecule is CC(C)CCOCCOCC(=O)O. The minimum absolute atomic E-state index is 0.243. The second-order valence-corrected chi connectivity index (χ2v) is 3.24. The van der Waals surface area contributed by atoms with Crippen molar-refractivity contribution < 1.29 is 19.4 Å². The Bertz CT molecular complexity index is 134. The number of carboxylic acids is 1. The lowest BCUT2D eigenvalue weighted by Crippen LogP contribution is -2.12. The van der Waals surface area contributed by atoms with Crippen molar-refractivity contribution in [2.45, 2.75) is 20.3 Å². The summed E-state index contributed by atoms with van der Waals surface area (Å²) in [5.74, 6) is -0.304. The quantitative estimate of drug-likeness (QED) is 0.583. The Morgan fingerprint density at radius 1 is 1.23 bits per heavy atom. The van der Waals surface area contributed by atoms with Crippen LogP contribution in [0.15, 0.2) is 0 Å². The van der Waals surface area contributed by atoms with Crippen molar-refractivity contribution >= 4 is 5.97 Å². The monoisotopic (exact) mass is 190 g/mol. The molecule has 0 aliphatic heterocycles. The molecule has 0 aromatic heterocycles. The van der Waals surface area contributed by atoms with E-state index in [1.165, 1.54) is 0 Å². The van der Waals surface area contributed by atoms with Gasteiger partial charge in [0, 0.05) is 6.61 Å². The third-order valence-electron chi connectivity index (χ3n) is 1.44.